The summed E-state index contributed by atoms with van der Waals surface area (Å²) in [6.07, 6.45) is 3.81. The van der Waals surface area contributed by atoms with Crippen molar-refractivity contribution >= 4 is 17.3 Å². The summed E-state index contributed by atoms with van der Waals surface area (Å²) in [7, 11) is 0. The Balaban J connectivity index is 1.97. The Morgan fingerprint density at radius 3 is 2.57 bits per heavy atom. The van der Waals surface area contributed by atoms with Gasteiger partial charge in [0.25, 0.3) is 0 Å². The second-order valence-corrected chi connectivity index (χ2v) is 6.10. The van der Waals surface area contributed by atoms with Gasteiger partial charge >= 0.3 is 0 Å². The molecule has 0 aliphatic carbocycles. The molecular formula is C17H21ClN2O. The predicted octanol–water partition coefficient (Wildman–Crippen LogP) is 4.28. The van der Waals surface area contributed by atoms with Gasteiger partial charge in [-0.05, 0) is 67.1 Å². The van der Waals surface area contributed by atoms with Crippen LogP contribution in [-0.2, 0) is 0 Å². The fourth-order valence-electron chi connectivity index (χ4n) is 2.97. The molecule has 1 fully saturated rings. The molecule has 1 aliphatic rings. The maximum Gasteiger partial charge on any atom is 0.193 e. The Hall–Kier alpha value is -1.45. The van der Waals surface area contributed by atoms with Crippen LogP contribution in [0.5, 0.6) is 0 Å². The van der Waals surface area contributed by atoms with Gasteiger partial charge in [0.05, 0.1) is 6.04 Å². The number of nitrogens with two attached hydrogens (primary N) is 1. The second-order valence-electron chi connectivity index (χ2n) is 5.73. The van der Waals surface area contributed by atoms with Crippen LogP contribution in [0.4, 0.5) is 5.69 Å². The average Bonchev–Trinajstić information content (AvgIpc) is 2.94. The molecule has 3 rings (SSSR count). The molecule has 1 saturated heterocycles. The van der Waals surface area contributed by atoms with Gasteiger partial charge in [-0.25, -0.2) is 0 Å². The minimum Gasteiger partial charge on any atom is -0.448 e. The Kier molecular flexibility index (Phi) is 4.22. The molecule has 4 heteroatoms. The Morgan fingerprint density at radius 1 is 1.14 bits per heavy atom. The van der Waals surface area contributed by atoms with Crippen molar-refractivity contribution in [2.45, 2.75) is 32.2 Å². The van der Waals surface area contributed by atoms with Crippen LogP contribution in [0.2, 0.25) is 5.22 Å². The first kappa shape index (κ1) is 14.5. The van der Waals surface area contributed by atoms with E-state index < -0.39 is 0 Å². The minimum atomic E-state index is -0.282. The van der Waals surface area contributed by atoms with Crippen LogP contribution in [0.15, 0.2) is 34.7 Å². The van der Waals surface area contributed by atoms with E-state index in [1.54, 1.807) is 6.07 Å². The molecule has 1 aromatic carbocycles. The van der Waals surface area contributed by atoms with Crippen LogP contribution in [0.25, 0.3) is 0 Å². The number of aryl methyl sites for hydroxylation is 1. The lowest BCUT2D eigenvalue weighted by Gasteiger charge is -2.32. The van der Waals surface area contributed by atoms with Crippen LogP contribution >= 0.6 is 11.6 Å². The van der Waals surface area contributed by atoms with E-state index in [0.717, 1.165) is 18.7 Å². The fraction of sp³-hybridized carbons (Fsp3) is 0.412. The molecular weight excluding hydrogens is 284 g/mol. The largest absolute Gasteiger partial charge is 0.448 e. The van der Waals surface area contributed by atoms with Gasteiger partial charge in [-0.3, -0.25) is 0 Å². The Labute approximate surface area is 130 Å². The van der Waals surface area contributed by atoms with Gasteiger partial charge in [0.2, 0.25) is 0 Å². The number of anilines is 1. The summed E-state index contributed by atoms with van der Waals surface area (Å²) in [5.74, 6) is 0.710. The maximum absolute atomic E-state index is 6.41. The van der Waals surface area contributed by atoms with Crippen molar-refractivity contribution in [3.05, 3.63) is 52.4 Å². The number of benzene rings is 1. The molecule has 0 bridgehead atoms. The quantitative estimate of drug-likeness (QED) is 0.920. The molecule has 1 aromatic heterocycles. The first-order chi connectivity index (χ1) is 10.1. The van der Waals surface area contributed by atoms with Crippen LogP contribution in [0.3, 0.4) is 0 Å². The van der Waals surface area contributed by atoms with Crippen molar-refractivity contribution in [2.24, 2.45) is 5.73 Å². The smallest absolute Gasteiger partial charge is 0.193 e. The van der Waals surface area contributed by atoms with Crippen LogP contribution in [0.1, 0.15) is 42.2 Å². The van der Waals surface area contributed by atoms with Gasteiger partial charge in [0, 0.05) is 18.8 Å². The highest BCUT2D eigenvalue weighted by molar-refractivity contribution is 6.28. The summed E-state index contributed by atoms with van der Waals surface area (Å²) in [6, 6.07) is 9.76. The monoisotopic (exact) mass is 304 g/mol. The minimum absolute atomic E-state index is 0.282. The number of halogens is 1. The lowest BCUT2D eigenvalue weighted by Crippen LogP contribution is -2.31. The molecule has 0 spiro atoms. The van der Waals surface area contributed by atoms with E-state index in [9.17, 15) is 0 Å². The number of nitrogens with zero attached hydrogens (tertiary/aromatic N) is 1. The van der Waals surface area contributed by atoms with Gasteiger partial charge in [0.1, 0.15) is 5.76 Å². The summed E-state index contributed by atoms with van der Waals surface area (Å²) in [6.45, 7) is 4.32. The number of hydrogen-bond donors (Lipinski definition) is 1. The van der Waals surface area contributed by atoms with E-state index in [0.29, 0.717) is 11.0 Å². The molecule has 2 N–H and O–H groups in total. The van der Waals surface area contributed by atoms with Crippen molar-refractivity contribution in [2.75, 3.05) is 18.0 Å². The van der Waals surface area contributed by atoms with Crippen molar-refractivity contribution in [1.82, 2.24) is 0 Å². The van der Waals surface area contributed by atoms with E-state index in [2.05, 4.69) is 30.0 Å². The third kappa shape index (κ3) is 3.09. The van der Waals surface area contributed by atoms with E-state index in [1.807, 2.05) is 6.07 Å². The third-order valence-corrected chi connectivity index (χ3v) is 4.32. The van der Waals surface area contributed by atoms with Gasteiger partial charge in [0.15, 0.2) is 5.22 Å². The standard InChI is InChI=1S/C17H21ClN2O/c1-12-5-6-13(17(19)15-7-8-16(18)21-15)14(11-12)20-9-3-2-4-10-20/h5-8,11,17H,2-4,9-10,19H2,1H3. The first-order valence-corrected chi connectivity index (χ1v) is 7.89. The number of hydrogen-bond acceptors (Lipinski definition) is 3. The van der Waals surface area contributed by atoms with Crippen molar-refractivity contribution in [1.29, 1.82) is 0 Å². The summed E-state index contributed by atoms with van der Waals surface area (Å²) >= 11 is 5.87. The van der Waals surface area contributed by atoms with Crippen molar-refractivity contribution in [3.8, 4) is 0 Å². The highest BCUT2D eigenvalue weighted by Crippen LogP contribution is 2.33. The number of piperidine rings is 1. The maximum atomic E-state index is 6.41. The van der Waals surface area contributed by atoms with E-state index >= 15 is 0 Å². The molecule has 1 aliphatic heterocycles. The van der Waals surface area contributed by atoms with E-state index in [1.165, 1.54) is 30.5 Å². The third-order valence-electron chi connectivity index (χ3n) is 4.12. The van der Waals surface area contributed by atoms with Gasteiger partial charge in [-0.15, -0.1) is 0 Å². The summed E-state index contributed by atoms with van der Waals surface area (Å²) in [5.41, 5.74) is 10.00. The molecule has 112 valence electrons. The molecule has 2 heterocycles. The van der Waals surface area contributed by atoms with Crippen LogP contribution in [-0.4, -0.2) is 13.1 Å². The molecule has 1 atom stereocenters. The zero-order valence-corrected chi connectivity index (χ0v) is 13.1. The number of furan rings is 1. The average molecular weight is 305 g/mol. The highest BCUT2D eigenvalue weighted by atomic mass is 35.5. The normalized spacial score (nSPS) is 17.0. The van der Waals surface area contributed by atoms with Crippen molar-refractivity contribution < 1.29 is 4.42 Å². The van der Waals surface area contributed by atoms with E-state index in [-0.39, 0.29) is 6.04 Å². The number of rotatable bonds is 3. The Bertz CT molecular complexity index is 617. The molecule has 3 nitrogen and oxygen atoms in total. The second kappa shape index (κ2) is 6.12. The molecule has 0 radical (unpaired) electrons. The van der Waals surface area contributed by atoms with Gasteiger partial charge in [-0.2, -0.15) is 0 Å². The Morgan fingerprint density at radius 2 is 1.90 bits per heavy atom. The molecule has 1 unspecified atom stereocenters. The van der Waals surface area contributed by atoms with Crippen LogP contribution in [0, 0.1) is 6.92 Å². The topological polar surface area (TPSA) is 42.4 Å². The summed E-state index contributed by atoms with van der Waals surface area (Å²) < 4.78 is 5.49. The lowest BCUT2D eigenvalue weighted by atomic mass is 9.99. The lowest BCUT2D eigenvalue weighted by molar-refractivity contribution is 0.490. The van der Waals surface area contributed by atoms with Crippen LogP contribution < -0.4 is 10.6 Å². The van der Waals surface area contributed by atoms with Gasteiger partial charge < -0.3 is 15.1 Å². The summed E-state index contributed by atoms with van der Waals surface area (Å²) in [5, 5.41) is 0.382. The van der Waals surface area contributed by atoms with E-state index in [4.69, 9.17) is 21.8 Å². The fourth-order valence-corrected chi connectivity index (χ4v) is 3.13. The molecule has 0 saturated carbocycles. The summed E-state index contributed by atoms with van der Waals surface area (Å²) in [4.78, 5) is 2.44. The molecule has 0 amide bonds. The zero-order chi connectivity index (χ0) is 14.8. The SMILES string of the molecule is Cc1ccc(C(N)c2ccc(Cl)o2)c(N2CCCCC2)c1. The molecule has 21 heavy (non-hydrogen) atoms. The van der Waals surface area contributed by atoms with Gasteiger partial charge in [-0.1, -0.05) is 12.1 Å². The highest BCUT2D eigenvalue weighted by Gasteiger charge is 2.21. The van der Waals surface area contributed by atoms with Crippen molar-refractivity contribution in [3.63, 3.8) is 0 Å². The predicted molar refractivity (Wildman–Crippen MR) is 87.0 cm³/mol. The zero-order valence-electron chi connectivity index (χ0n) is 12.3. The molecule has 2 aromatic rings. The first-order valence-electron chi connectivity index (χ1n) is 7.51.